The van der Waals surface area contributed by atoms with Crippen LogP contribution in [0.5, 0.6) is 0 Å². The van der Waals surface area contributed by atoms with Crippen molar-refractivity contribution in [3.8, 4) is 0 Å². The Balaban J connectivity index is 4.20. The normalized spacial score (nSPS) is 12.1. The summed E-state index contributed by atoms with van der Waals surface area (Å²) in [5, 5.41) is 2.62. The second-order valence-corrected chi connectivity index (χ2v) is 14.2. The van der Waals surface area contributed by atoms with Crippen LogP contribution in [-0.4, -0.2) is 57.1 Å². The Labute approximate surface area is 320 Å². The zero-order valence-electron chi connectivity index (χ0n) is 34.1. The van der Waals surface area contributed by atoms with Gasteiger partial charge < -0.3 is 24.3 Å². The van der Waals surface area contributed by atoms with E-state index in [1.165, 1.54) is 103 Å². The second-order valence-electron chi connectivity index (χ2n) is 14.2. The average Bonchev–Trinajstić information content (AvgIpc) is 3.14. The molecule has 0 aliphatic heterocycles. The molecule has 0 saturated carbocycles. The molecule has 0 aromatic rings. The van der Waals surface area contributed by atoms with Crippen molar-refractivity contribution in [1.82, 2.24) is 5.32 Å². The summed E-state index contributed by atoms with van der Waals surface area (Å²) >= 11 is 0. The van der Waals surface area contributed by atoms with E-state index in [9.17, 15) is 14.4 Å². The summed E-state index contributed by atoms with van der Waals surface area (Å²) in [6.45, 7) is 7.28. The molecular formula is C44H81NO7. The van der Waals surface area contributed by atoms with E-state index in [0.29, 0.717) is 26.1 Å². The lowest BCUT2D eigenvalue weighted by molar-refractivity contribution is -0.158. The molecule has 0 aromatic heterocycles. The number of carbonyl (C=O) groups is 3. The third kappa shape index (κ3) is 38.9. The summed E-state index contributed by atoms with van der Waals surface area (Å²) < 4.78 is 21.4. The number of nitrogens with one attached hydrogen (secondary N) is 1. The summed E-state index contributed by atoms with van der Waals surface area (Å²) in [6, 6.07) is 0. The molecule has 1 N–H and O–H groups in total. The molecule has 0 aliphatic rings. The first-order valence-electron chi connectivity index (χ1n) is 21.7. The molecule has 8 nitrogen and oxygen atoms in total. The Bertz CT molecular complexity index is 860. The number of hydrogen-bond donors (Lipinski definition) is 1. The molecule has 0 fully saturated rings. The zero-order chi connectivity index (χ0) is 38.0. The predicted octanol–water partition coefficient (Wildman–Crippen LogP) is 12.3. The number of carbonyl (C=O) groups excluding carboxylic acids is 3. The monoisotopic (exact) mass is 736 g/mol. The van der Waals surface area contributed by atoms with Crippen molar-refractivity contribution in [2.45, 2.75) is 207 Å². The first kappa shape index (κ1) is 49.6. The van der Waals surface area contributed by atoms with Crippen LogP contribution in [0, 0.1) is 0 Å². The lowest BCUT2D eigenvalue weighted by Gasteiger charge is -2.18. The van der Waals surface area contributed by atoms with Crippen molar-refractivity contribution in [2.24, 2.45) is 0 Å². The quantitative estimate of drug-likeness (QED) is 0.0290. The largest absolute Gasteiger partial charge is 0.462 e. The number of amides is 1. The van der Waals surface area contributed by atoms with Gasteiger partial charge in [0.15, 0.2) is 6.10 Å². The number of allylic oxidation sites excluding steroid dienone is 4. The number of unbranched alkanes of at least 4 members (excludes halogenated alkanes) is 22. The summed E-state index contributed by atoms with van der Waals surface area (Å²) in [5.41, 5.74) is 0. The molecule has 304 valence electrons. The third-order valence-corrected chi connectivity index (χ3v) is 9.15. The number of alkyl carbamates (subject to hydrolysis) is 1. The maximum absolute atomic E-state index is 12.6. The van der Waals surface area contributed by atoms with Crippen molar-refractivity contribution in [1.29, 1.82) is 0 Å². The lowest BCUT2D eigenvalue weighted by Crippen LogP contribution is -2.38. The molecule has 8 heteroatoms. The van der Waals surface area contributed by atoms with Crippen LogP contribution < -0.4 is 5.32 Å². The molecule has 0 saturated heterocycles. The van der Waals surface area contributed by atoms with Gasteiger partial charge in [0.05, 0.1) is 13.2 Å². The van der Waals surface area contributed by atoms with Crippen molar-refractivity contribution in [3.63, 3.8) is 0 Å². The van der Waals surface area contributed by atoms with Crippen molar-refractivity contribution in [3.05, 3.63) is 24.3 Å². The van der Waals surface area contributed by atoms with Crippen molar-refractivity contribution in [2.75, 3.05) is 33.0 Å². The van der Waals surface area contributed by atoms with Gasteiger partial charge in [-0.15, -0.1) is 0 Å². The Morgan fingerprint density at radius 3 is 1.38 bits per heavy atom. The molecule has 0 spiro atoms. The fourth-order valence-corrected chi connectivity index (χ4v) is 5.90. The summed E-state index contributed by atoms with van der Waals surface area (Å²) in [4.78, 5) is 37.1. The van der Waals surface area contributed by atoms with E-state index in [1.54, 1.807) is 0 Å². The van der Waals surface area contributed by atoms with Crippen LogP contribution in [0.25, 0.3) is 0 Å². The minimum Gasteiger partial charge on any atom is -0.462 e. The summed E-state index contributed by atoms with van der Waals surface area (Å²) in [5.74, 6) is -0.655. The van der Waals surface area contributed by atoms with Crippen LogP contribution in [0.2, 0.25) is 0 Å². The molecule has 0 bridgehead atoms. The smallest absolute Gasteiger partial charge is 0.407 e. The van der Waals surface area contributed by atoms with Crippen LogP contribution in [0.1, 0.15) is 201 Å². The van der Waals surface area contributed by atoms with Crippen LogP contribution >= 0.6 is 0 Å². The van der Waals surface area contributed by atoms with Gasteiger partial charge in [0.2, 0.25) is 0 Å². The number of rotatable bonds is 39. The van der Waals surface area contributed by atoms with Gasteiger partial charge in [-0.3, -0.25) is 9.59 Å². The average molecular weight is 736 g/mol. The summed E-state index contributed by atoms with van der Waals surface area (Å²) in [7, 11) is 0. The van der Waals surface area contributed by atoms with Crippen LogP contribution in [0.4, 0.5) is 4.79 Å². The Morgan fingerprint density at radius 2 is 0.923 bits per heavy atom. The van der Waals surface area contributed by atoms with Crippen LogP contribution in [0.15, 0.2) is 24.3 Å². The standard InChI is InChI=1S/C44H81NO7/c1-4-7-9-11-13-15-17-19-21-23-25-27-29-31-33-35-42(46)51-40-41(39-45-44(48)50-38-37-49-6-3)52-43(47)36-34-32-30-28-26-24-22-20-18-16-14-12-10-8-5-2/h19-22,41H,4-18,23-40H2,1-3H3,(H,45,48)/b21-19-,22-20-. The first-order chi connectivity index (χ1) is 25.5. The molecule has 0 rings (SSSR count). The molecule has 1 amide bonds. The highest BCUT2D eigenvalue weighted by molar-refractivity contribution is 5.70. The van der Waals surface area contributed by atoms with Gasteiger partial charge in [-0.2, -0.15) is 0 Å². The van der Waals surface area contributed by atoms with Crippen molar-refractivity contribution < 1.29 is 33.3 Å². The number of ether oxygens (including phenoxy) is 4. The van der Waals surface area contributed by atoms with Gasteiger partial charge in [0.25, 0.3) is 0 Å². The fraction of sp³-hybridized carbons (Fsp3) is 0.841. The highest BCUT2D eigenvalue weighted by atomic mass is 16.6. The molecule has 52 heavy (non-hydrogen) atoms. The maximum Gasteiger partial charge on any atom is 0.407 e. The van der Waals surface area contributed by atoms with Gasteiger partial charge in [0.1, 0.15) is 13.2 Å². The van der Waals surface area contributed by atoms with E-state index in [4.69, 9.17) is 18.9 Å². The summed E-state index contributed by atoms with van der Waals surface area (Å²) in [6.07, 6.45) is 39.6. The van der Waals surface area contributed by atoms with E-state index < -0.39 is 12.2 Å². The molecular weight excluding hydrogens is 654 g/mol. The Kier molecular flexibility index (Phi) is 39.5. The molecule has 0 heterocycles. The highest BCUT2D eigenvalue weighted by Crippen LogP contribution is 2.13. The molecule has 1 atom stereocenters. The van der Waals surface area contributed by atoms with E-state index in [0.717, 1.165) is 64.2 Å². The third-order valence-electron chi connectivity index (χ3n) is 9.15. The van der Waals surface area contributed by atoms with Crippen molar-refractivity contribution >= 4 is 18.0 Å². The van der Waals surface area contributed by atoms with Gasteiger partial charge in [0, 0.05) is 19.4 Å². The van der Waals surface area contributed by atoms with E-state index in [2.05, 4.69) is 43.5 Å². The van der Waals surface area contributed by atoms with Gasteiger partial charge in [-0.05, 0) is 71.1 Å². The lowest BCUT2D eigenvalue weighted by atomic mass is 10.1. The molecule has 1 unspecified atom stereocenters. The van der Waals surface area contributed by atoms with E-state index in [1.807, 2.05) is 6.92 Å². The highest BCUT2D eigenvalue weighted by Gasteiger charge is 2.18. The van der Waals surface area contributed by atoms with Gasteiger partial charge >= 0.3 is 18.0 Å². The van der Waals surface area contributed by atoms with Gasteiger partial charge in [-0.25, -0.2) is 4.79 Å². The second kappa shape index (κ2) is 41.4. The Hall–Kier alpha value is -2.35. The minimum atomic E-state index is -0.770. The number of esters is 2. The maximum atomic E-state index is 12.6. The first-order valence-corrected chi connectivity index (χ1v) is 21.7. The predicted molar refractivity (Wildman–Crippen MR) is 216 cm³/mol. The van der Waals surface area contributed by atoms with E-state index >= 15 is 0 Å². The number of hydrogen-bond acceptors (Lipinski definition) is 7. The van der Waals surface area contributed by atoms with Crippen LogP contribution in [0.3, 0.4) is 0 Å². The molecule has 0 aromatic carbocycles. The topological polar surface area (TPSA) is 100 Å². The fourth-order valence-electron chi connectivity index (χ4n) is 5.90. The molecule has 0 radical (unpaired) electrons. The van der Waals surface area contributed by atoms with Crippen LogP contribution in [-0.2, 0) is 28.5 Å². The SMILES string of the molecule is CCCCCCCC/C=C\CCCCCCCC(=O)OCC(CNC(=O)OCCOCC)OC(=O)CCCCCCC/C=C\CCCCCCCC. The zero-order valence-corrected chi connectivity index (χ0v) is 34.1. The molecule has 0 aliphatic carbocycles. The van der Waals surface area contributed by atoms with Gasteiger partial charge in [-0.1, -0.05) is 141 Å². The minimum absolute atomic E-state index is 0.00622. The van der Waals surface area contributed by atoms with E-state index in [-0.39, 0.29) is 31.7 Å². The Morgan fingerprint density at radius 1 is 0.500 bits per heavy atom.